The highest BCUT2D eigenvalue weighted by molar-refractivity contribution is 5.99. The molecule has 0 saturated carbocycles. The molecule has 1 fully saturated rings. The SMILES string of the molecule is O=C(NC[C@H]1CCCN1c1ccccc1)c1c[nH]n2c(=O)ccnc12. The van der Waals surface area contributed by atoms with E-state index in [9.17, 15) is 9.59 Å². The monoisotopic (exact) mass is 337 g/mol. The summed E-state index contributed by atoms with van der Waals surface area (Å²) in [4.78, 5) is 30.7. The average Bonchev–Trinajstić information content (AvgIpc) is 3.28. The average molecular weight is 337 g/mol. The molecule has 0 unspecified atom stereocenters. The van der Waals surface area contributed by atoms with E-state index in [0.717, 1.165) is 19.4 Å². The smallest absolute Gasteiger partial charge is 0.272 e. The zero-order valence-electron chi connectivity index (χ0n) is 13.7. The quantitative estimate of drug-likeness (QED) is 0.754. The summed E-state index contributed by atoms with van der Waals surface area (Å²) in [5.74, 6) is -0.225. The Balaban J connectivity index is 1.48. The van der Waals surface area contributed by atoms with Crippen molar-refractivity contribution in [2.45, 2.75) is 18.9 Å². The van der Waals surface area contributed by atoms with Crippen LogP contribution >= 0.6 is 0 Å². The fourth-order valence-electron chi connectivity index (χ4n) is 3.40. The van der Waals surface area contributed by atoms with Crippen molar-refractivity contribution >= 4 is 17.2 Å². The zero-order chi connectivity index (χ0) is 17.2. The number of anilines is 1. The minimum atomic E-state index is -0.241. The van der Waals surface area contributed by atoms with E-state index in [1.165, 1.54) is 28.7 Å². The molecule has 7 nitrogen and oxygen atoms in total. The number of nitrogens with one attached hydrogen (secondary N) is 2. The second-order valence-electron chi connectivity index (χ2n) is 6.16. The number of nitrogens with zero attached hydrogens (tertiary/aromatic N) is 3. The van der Waals surface area contributed by atoms with Crippen LogP contribution in [0.2, 0.25) is 0 Å². The van der Waals surface area contributed by atoms with Crippen molar-refractivity contribution in [3.63, 3.8) is 0 Å². The van der Waals surface area contributed by atoms with Crippen molar-refractivity contribution in [2.24, 2.45) is 0 Å². The molecule has 2 aromatic heterocycles. The van der Waals surface area contributed by atoms with Crippen molar-refractivity contribution in [1.82, 2.24) is 19.9 Å². The van der Waals surface area contributed by atoms with Crippen molar-refractivity contribution < 1.29 is 4.79 Å². The minimum Gasteiger partial charge on any atom is -0.367 e. The fraction of sp³-hybridized carbons (Fsp3) is 0.278. The summed E-state index contributed by atoms with van der Waals surface area (Å²) in [5, 5.41) is 5.75. The van der Waals surface area contributed by atoms with Gasteiger partial charge in [-0.15, -0.1) is 0 Å². The molecular weight excluding hydrogens is 318 g/mol. The summed E-state index contributed by atoms with van der Waals surface area (Å²) in [5.41, 5.74) is 1.66. The molecule has 0 bridgehead atoms. The topological polar surface area (TPSA) is 82.5 Å². The molecule has 4 rings (SSSR count). The molecule has 7 heteroatoms. The lowest BCUT2D eigenvalue weighted by Crippen LogP contribution is -2.40. The maximum Gasteiger partial charge on any atom is 0.272 e. The number of hydrogen-bond acceptors (Lipinski definition) is 4. The molecule has 0 aliphatic carbocycles. The normalized spacial score (nSPS) is 17.1. The van der Waals surface area contributed by atoms with Crippen molar-refractivity contribution in [2.75, 3.05) is 18.0 Å². The van der Waals surface area contributed by atoms with Gasteiger partial charge in [0.2, 0.25) is 0 Å². The number of carbonyl (C=O) groups is 1. The molecule has 1 aromatic carbocycles. The van der Waals surface area contributed by atoms with E-state index < -0.39 is 0 Å². The lowest BCUT2D eigenvalue weighted by Gasteiger charge is -2.27. The molecule has 0 radical (unpaired) electrons. The Kier molecular flexibility index (Phi) is 3.97. The van der Waals surface area contributed by atoms with Gasteiger partial charge >= 0.3 is 0 Å². The van der Waals surface area contributed by atoms with Gasteiger partial charge in [-0.25, -0.2) is 9.50 Å². The third kappa shape index (κ3) is 2.88. The van der Waals surface area contributed by atoms with Gasteiger partial charge in [0.15, 0.2) is 5.65 Å². The van der Waals surface area contributed by atoms with Crippen LogP contribution in [0.25, 0.3) is 5.65 Å². The van der Waals surface area contributed by atoms with Gasteiger partial charge < -0.3 is 10.2 Å². The largest absolute Gasteiger partial charge is 0.367 e. The third-order valence-corrected chi connectivity index (χ3v) is 4.63. The summed E-state index contributed by atoms with van der Waals surface area (Å²) in [6.07, 6.45) is 5.08. The summed E-state index contributed by atoms with van der Waals surface area (Å²) < 4.78 is 1.26. The van der Waals surface area contributed by atoms with Crippen LogP contribution in [0, 0.1) is 0 Å². The maximum atomic E-state index is 12.5. The standard InChI is InChI=1S/C18H19N5O2/c24-16-8-9-19-17-15(12-21-23(16)17)18(25)20-11-14-7-4-10-22(14)13-5-2-1-3-6-13/h1-3,5-6,8-9,12,14,21H,4,7,10-11H2,(H,20,25)/t14-/m1/s1. The number of para-hydroxylation sites is 1. The Hall–Kier alpha value is -3.09. The Morgan fingerprint density at radius 2 is 2.12 bits per heavy atom. The Morgan fingerprint density at radius 3 is 2.96 bits per heavy atom. The molecule has 0 spiro atoms. The highest BCUT2D eigenvalue weighted by atomic mass is 16.2. The van der Waals surface area contributed by atoms with Crippen LogP contribution < -0.4 is 15.8 Å². The van der Waals surface area contributed by atoms with E-state index in [1.807, 2.05) is 18.2 Å². The van der Waals surface area contributed by atoms with Crippen LogP contribution in [0.5, 0.6) is 0 Å². The molecule has 2 N–H and O–H groups in total. The number of hydrogen-bond donors (Lipinski definition) is 2. The lowest BCUT2D eigenvalue weighted by molar-refractivity contribution is 0.0953. The molecular formula is C18H19N5O2. The van der Waals surface area contributed by atoms with E-state index in [1.54, 1.807) is 0 Å². The molecule has 1 aliphatic rings. The predicted octanol–water partition coefficient (Wildman–Crippen LogP) is 1.42. The second kappa shape index (κ2) is 6.43. The van der Waals surface area contributed by atoms with Crippen LogP contribution in [0.1, 0.15) is 23.2 Å². The lowest BCUT2D eigenvalue weighted by atomic mass is 10.2. The number of amides is 1. The predicted molar refractivity (Wildman–Crippen MR) is 95.0 cm³/mol. The van der Waals surface area contributed by atoms with Gasteiger partial charge in [0.05, 0.1) is 0 Å². The van der Waals surface area contributed by atoms with E-state index in [4.69, 9.17) is 0 Å². The molecule has 3 heterocycles. The highest BCUT2D eigenvalue weighted by Crippen LogP contribution is 2.24. The molecule has 128 valence electrons. The fourth-order valence-corrected chi connectivity index (χ4v) is 3.40. The van der Waals surface area contributed by atoms with Gasteiger partial charge in [0.25, 0.3) is 11.5 Å². The first-order chi connectivity index (χ1) is 12.2. The number of aromatic nitrogens is 3. The number of fused-ring (bicyclic) bond motifs is 1. The molecule has 1 amide bonds. The minimum absolute atomic E-state index is 0.225. The van der Waals surface area contributed by atoms with Gasteiger partial charge in [-0.1, -0.05) is 18.2 Å². The van der Waals surface area contributed by atoms with E-state index in [0.29, 0.717) is 17.8 Å². The van der Waals surface area contributed by atoms with Crippen LogP contribution in [0.4, 0.5) is 5.69 Å². The number of carbonyl (C=O) groups excluding carboxylic acids is 1. The van der Waals surface area contributed by atoms with Crippen molar-refractivity contribution in [3.05, 3.63) is 64.7 Å². The zero-order valence-corrected chi connectivity index (χ0v) is 13.7. The summed E-state index contributed by atoms with van der Waals surface area (Å²) in [7, 11) is 0. The van der Waals surface area contributed by atoms with E-state index in [-0.39, 0.29) is 17.5 Å². The Labute approximate surface area is 144 Å². The van der Waals surface area contributed by atoms with E-state index in [2.05, 4.69) is 32.4 Å². The second-order valence-corrected chi connectivity index (χ2v) is 6.16. The van der Waals surface area contributed by atoms with Gasteiger partial charge in [0, 0.05) is 43.3 Å². The van der Waals surface area contributed by atoms with Crippen LogP contribution in [0.3, 0.4) is 0 Å². The molecule has 1 aliphatic heterocycles. The number of benzene rings is 1. The molecule has 1 atom stereocenters. The van der Waals surface area contributed by atoms with Crippen molar-refractivity contribution in [3.8, 4) is 0 Å². The number of rotatable bonds is 4. The Bertz CT molecular complexity index is 947. The molecule has 1 saturated heterocycles. The first-order valence-corrected chi connectivity index (χ1v) is 8.39. The summed E-state index contributed by atoms with van der Waals surface area (Å²) in [6, 6.07) is 11.9. The van der Waals surface area contributed by atoms with Gasteiger partial charge in [-0.05, 0) is 25.0 Å². The van der Waals surface area contributed by atoms with Crippen LogP contribution in [-0.2, 0) is 0 Å². The highest BCUT2D eigenvalue weighted by Gasteiger charge is 2.25. The van der Waals surface area contributed by atoms with Crippen molar-refractivity contribution in [1.29, 1.82) is 0 Å². The summed E-state index contributed by atoms with van der Waals surface area (Å²) >= 11 is 0. The summed E-state index contributed by atoms with van der Waals surface area (Å²) in [6.45, 7) is 1.55. The van der Waals surface area contributed by atoms with Gasteiger partial charge in [-0.3, -0.25) is 14.7 Å². The molecule has 3 aromatic rings. The van der Waals surface area contributed by atoms with Gasteiger partial charge in [0.1, 0.15) is 5.56 Å². The van der Waals surface area contributed by atoms with Gasteiger partial charge in [-0.2, -0.15) is 0 Å². The number of H-pyrrole nitrogens is 1. The molecule has 25 heavy (non-hydrogen) atoms. The van der Waals surface area contributed by atoms with E-state index >= 15 is 0 Å². The van der Waals surface area contributed by atoms with Crippen LogP contribution in [-0.4, -0.2) is 39.6 Å². The first-order valence-electron chi connectivity index (χ1n) is 8.39. The Morgan fingerprint density at radius 1 is 1.28 bits per heavy atom. The number of aromatic amines is 1. The first kappa shape index (κ1) is 15.4. The maximum absolute atomic E-state index is 12.5. The van der Waals surface area contributed by atoms with Crippen LogP contribution in [0.15, 0.2) is 53.6 Å². The third-order valence-electron chi connectivity index (χ3n) is 4.63.